The van der Waals surface area contributed by atoms with Crippen molar-refractivity contribution in [1.82, 2.24) is 19.8 Å². The van der Waals surface area contributed by atoms with Crippen molar-refractivity contribution < 1.29 is 14.3 Å². The Kier molecular flexibility index (Phi) is 3.93. The number of hydrogen-bond donors (Lipinski definition) is 1. The van der Waals surface area contributed by atoms with Gasteiger partial charge in [0.25, 0.3) is 5.91 Å². The normalized spacial score (nSPS) is 15.6. The molecule has 2 rings (SSSR count). The SMILES string of the molecule is Cc1ncn(C)c1C(=O)NC1CN(C(=O)OC(C)(C)C)C1. The monoisotopic (exact) mass is 294 g/mol. The second-order valence-corrected chi connectivity index (χ2v) is 6.35. The maximum Gasteiger partial charge on any atom is 0.410 e. The summed E-state index contributed by atoms with van der Waals surface area (Å²) in [5.41, 5.74) is 0.737. The maximum absolute atomic E-state index is 12.1. The number of nitrogens with one attached hydrogen (secondary N) is 1. The van der Waals surface area contributed by atoms with E-state index in [1.54, 1.807) is 29.8 Å². The van der Waals surface area contributed by atoms with E-state index in [4.69, 9.17) is 4.74 Å². The molecule has 7 nitrogen and oxygen atoms in total. The van der Waals surface area contributed by atoms with Crippen LogP contribution >= 0.6 is 0 Å². The fourth-order valence-corrected chi connectivity index (χ4v) is 2.17. The van der Waals surface area contributed by atoms with Gasteiger partial charge in [0, 0.05) is 20.1 Å². The Morgan fingerprint density at radius 2 is 2.00 bits per heavy atom. The Labute approximate surface area is 124 Å². The second kappa shape index (κ2) is 5.38. The highest BCUT2D eigenvalue weighted by molar-refractivity contribution is 5.94. The van der Waals surface area contributed by atoms with E-state index < -0.39 is 5.60 Å². The number of aromatic nitrogens is 2. The lowest BCUT2D eigenvalue weighted by molar-refractivity contribution is 0.00528. The first kappa shape index (κ1) is 15.3. The van der Waals surface area contributed by atoms with Gasteiger partial charge < -0.3 is 19.5 Å². The number of imidazole rings is 1. The molecule has 7 heteroatoms. The van der Waals surface area contributed by atoms with E-state index in [0.717, 1.165) is 0 Å². The Morgan fingerprint density at radius 1 is 1.38 bits per heavy atom. The number of hydrogen-bond acceptors (Lipinski definition) is 4. The summed E-state index contributed by atoms with van der Waals surface area (Å²) in [4.78, 5) is 29.6. The quantitative estimate of drug-likeness (QED) is 0.885. The number of carbonyl (C=O) groups is 2. The molecule has 0 atom stereocenters. The molecule has 1 saturated heterocycles. The molecule has 1 aliphatic rings. The van der Waals surface area contributed by atoms with Crippen LogP contribution in [-0.4, -0.2) is 51.2 Å². The van der Waals surface area contributed by atoms with Gasteiger partial charge in [-0.15, -0.1) is 0 Å². The van der Waals surface area contributed by atoms with Gasteiger partial charge in [-0.05, 0) is 27.7 Å². The second-order valence-electron chi connectivity index (χ2n) is 6.35. The van der Waals surface area contributed by atoms with Gasteiger partial charge in [0.15, 0.2) is 0 Å². The summed E-state index contributed by atoms with van der Waals surface area (Å²) in [6, 6.07) is -0.0423. The number of amides is 2. The van der Waals surface area contributed by atoms with Crippen LogP contribution in [0.1, 0.15) is 37.0 Å². The number of rotatable bonds is 2. The van der Waals surface area contributed by atoms with Gasteiger partial charge in [0.1, 0.15) is 11.3 Å². The number of aryl methyl sites for hydroxylation is 2. The first-order valence-corrected chi connectivity index (χ1v) is 6.94. The van der Waals surface area contributed by atoms with Gasteiger partial charge in [0.05, 0.1) is 18.1 Å². The van der Waals surface area contributed by atoms with E-state index in [1.807, 2.05) is 20.8 Å². The van der Waals surface area contributed by atoms with Crippen LogP contribution in [-0.2, 0) is 11.8 Å². The average molecular weight is 294 g/mol. The molecule has 0 saturated carbocycles. The summed E-state index contributed by atoms with van der Waals surface area (Å²) < 4.78 is 6.96. The smallest absolute Gasteiger partial charge is 0.410 e. The molecule has 116 valence electrons. The third kappa shape index (κ3) is 3.53. The fourth-order valence-electron chi connectivity index (χ4n) is 2.17. The summed E-state index contributed by atoms with van der Waals surface area (Å²) in [5.74, 6) is -0.165. The lowest BCUT2D eigenvalue weighted by atomic mass is 10.1. The van der Waals surface area contributed by atoms with Crippen LogP contribution in [0.2, 0.25) is 0 Å². The Morgan fingerprint density at radius 3 is 2.48 bits per heavy atom. The molecule has 2 heterocycles. The minimum Gasteiger partial charge on any atom is -0.444 e. The van der Waals surface area contributed by atoms with Crippen LogP contribution in [0.3, 0.4) is 0 Å². The van der Waals surface area contributed by atoms with Crippen molar-refractivity contribution >= 4 is 12.0 Å². The number of likely N-dealkylation sites (tertiary alicyclic amines) is 1. The summed E-state index contributed by atoms with van der Waals surface area (Å²) in [7, 11) is 1.78. The van der Waals surface area contributed by atoms with Gasteiger partial charge in [-0.1, -0.05) is 0 Å². The van der Waals surface area contributed by atoms with E-state index in [2.05, 4.69) is 10.3 Å². The summed E-state index contributed by atoms with van der Waals surface area (Å²) in [6.07, 6.45) is 1.27. The third-order valence-corrected chi connectivity index (χ3v) is 3.20. The van der Waals surface area contributed by atoms with Gasteiger partial charge in [-0.25, -0.2) is 9.78 Å². The maximum atomic E-state index is 12.1. The van der Waals surface area contributed by atoms with Gasteiger partial charge >= 0.3 is 6.09 Å². The lowest BCUT2D eigenvalue weighted by Crippen LogP contribution is -2.61. The molecule has 2 amide bonds. The molecule has 21 heavy (non-hydrogen) atoms. The minimum absolute atomic E-state index is 0.0423. The highest BCUT2D eigenvalue weighted by Crippen LogP contribution is 2.15. The molecule has 1 N–H and O–H groups in total. The first-order chi connectivity index (χ1) is 9.67. The van der Waals surface area contributed by atoms with E-state index >= 15 is 0 Å². The zero-order valence-corrected chi connectivity index (χ0v) is 13.1. The summed E-state index contributed by atoms with van der Waals surface area (Å²) in [6.45, 7) is 8.22. The third-order valence-electron chi connectivity index (χ3n) is 3.20. The summed E-state index contributed by atoms with van der Waals surface area (Å²) in [5, 5.41) is 2.90. The van der Waals surface area contributed by atoms with Crippen molar-refractivity contribution in [3.63, 3.8) is 0 Å². The Bertz CT molecular complexity index is 534. The predicted octanol–water partition coefficient (Wildman–Crippen LogP) is 1.08. The number of carbonyl (C=O) groups excluding carboxylic acids is 2. The number of nitrogens with zero attached hydrogens (tertiary/aromatic N) is 3. The highest BCUT2D eigenvalue weighted by Gasteiger charge is 2.35. The van der Waals surface area contributed by atoms with Crippen molar-refractivity contribution in [2.75, 3.05) is 13.1 Å². The zero-order valence-electron chi connectivity index (χ0n) is 13.1. The molecule has 0 bridgehead atoms. The lowest BCUT2D eigenvalue weighted by Gasteiger charge is -2.39. The van der Waals surface area contributed by atoms with E-state index in [9.17, 15) is 9.59 Å². The molecule has 1 aliphatic heterocycles. The molecule has 1 aromatic heterocycles. The van der Waals surface area contributed by atoms with Crippen LogP contribution in [0.5, 0.6) is 0 Å². The van der Waals surface area contributed by atoms with Crippen LogP contribution in [0.15, 0.2) is 6.33 Å². The summed E-state index contributed by atoms with van der Waals surface area (Å²) >= 11 is 0. The average Bonchev–Trinajstić information content (AvgIpc) is 2.60. The van der Waals surface area contributed by atoms with Gasteiger partial charge in [-0.2, -0.15) is 0 Å². The van der Waals surface area contributed by atoms with E-state index in [1.165, 1.54) is 0 Å². The molecule has 0 aromatic carbocycles. The van der Waals surface area contributed by atoms with Gasteiger partial charge in [-0.3, -0.25) is 4.79 Å². The van der Waals surface area contributed by atoms with Crippen LogP contribution in [0.25, 0.3) is 0 Å². The number of ether oxygens (including phenoxy) is 1. The van der Waals surface area contributed by atoms with Crippen molar-refractivity contribution in [3.8, 4) is 0 Å². The first-order valence-electron chi connectivity index (χ1n) is 6.94. The molecule has 1 aromatic rings. The standard InChI is InChI=1S/C14H22N4O3/c1-9-11(17(5)8-15-9)12(19)16-10-6-18(7-10)13(20)21-14(2,3)4/h8,10H,6-7H2,1-5H3,(H,16,19). The molecular weight excluding hydrogens is 272 g/mol. The molecule has 0 spiro atoms. The molecule has 0 aliphatic carbocycles. The minimum atomic E-state index is -0.503. The highest BCUT2D eigenvalue weighted by atomic mass is 16.6. The van der Waals surface area contributed by atoms with E-state index in [-0.39, 0.29) is 18.0 Å². The van der Waals surface area contributed by atoms with E-state index in [0.29, 0.717) is 24.5 Å². The Balaban J connectivity index is 1.83. The topological polar surface area (TPSA) is 76.5 Å². The predicted molar refractivity (Wildman–Crippen MR) is 77.0 cm³/mol. The molecule has 0 radical (unpaired) electrons. The van der Waals surface area contributed by atoms with Crippen molar-refractivity contribution in [2.24, 2.45) is 7.05 Å². The van der Waals surface area contributed by atoms with Crippen LogP contribution in [0.4, 0.5) is 4.79 Å². The molecule has 0 unspecified atom stereocenters. The van der Waals surface area contributed by atoms with Crippen molar-refractivity contribution in [1.29, 1.82) is 0 Å². The van der Waals surface area contributed by atoms with Crippen LogP contribution < -0.4 is 5.32 Å². The van der Waals surface area contributed by atoms with Crippen molar-refractivity contribution in [3.05, 3.63) is 17.7 Å². The van der Waals surface area contributed by atoms with Crippen LogP contribution in [0, 0.1) is 6.92 Å². The van der Waals surface area contributed by atoms with Gasteiger partial charge in [0.2, 0.25) is 0 Å². The molecular formula is C14H22N4O3. The zero-order chi connectivity index (χ0) is 15.8. The van der Waals surface area contributed by atoms with Crippen molar-refractivity contribution in [2.45, 2.75) is 39.3 Å². The Hall–Kier alpha value is -2.05. The fraction of sp³-hybridized carbons (Fsp3) is 0.643. The molecule has 1 fully saturated rings. The largest absolute Gasteiger partial charge is 0.444 e.